The van der Waals surface area contributed by atoms with Crippen molar-refractivity contribution in [3.63, 3.8) is 0 Å². The SMILES string of the molecule is Cn1c(N2CCCC(C(=O)Nc3ccc(F)cc3)C2)nc(-c2ccncc2)cc1=O. The van der Waals surface area contributed by atoms with E-state index in [0.717, 1.165) is 18.4 Å². The number of benzene rings is 1. The average molecular weight is 407 g/mol. The summed E-state index contributed by atoms with van der Waals surface area (Å²) in [6.07, 6.45) is 4.86. The molecule has 4 rings (SSSR count). The Morgan fingerprint density at radius 2 is 1.90 bits per heavy atom. The molecule has 3 aromatic rings. The van der Waals surface area contributed by atoms with E-state index in [1.165, 1.54) is 34.9 Å². The van der Waals surface area contributed by atoms with Crippen LogP contribution in [0.25, 0.3) is 11.3 Å². The maximum Gasteiger partial charge on any atom is 0.255 e. The van der Waals surface area contributed by atoms with Gasteiger partial charge in [-0.2, -0.15) is 0 Å². The molecule has 1 amide bonds. The number of piperidine rings is 1. The Morgan fingerprint density at radius 1 is 1.17 bits per heavy atom. The van der Waals surface area contributed by atoms with Crippen molar-refractivity contribution in [2.75, 3.05) is 23.3 Å². The zero-order valence-electron chi connectivity index (χ0n) is 16.6. The largest absolute Gasteiger partial charge is 0.341 e. The first-order chi connectivity index (χ1) is 14.5. The van der Waals surface area contributed by atoms with E-state index in [-0.39, 0.29) is 23.2 Å². The Hall–Kier alpha value is -3.55. The standard InChI is InChI=1S/C22H22FN5O2/c1-27-20(29)13-19(15-8-10-24-11-9-15)26-22(27)28-12-2-3-16(14-28)21(30)25-18-6-4-17(23)5-7-18/h4-11,13,16H,2-3,12,14H2,1H3,(H,25,30). The number of anilines is 2. The monoisotopic (exact) mass is 407 g/mol. The number of carbonyl (C=O) groups excluding carboxylic acids is 1. The first-order valence-electron chi connectivity index (χ1n) is 9.81. The summed E-state index contributed by atoms with van der Waals surface area (Å²) in [5, 5.41) is 2.85. The van der Waals surface area contributed by atoms with Crippen LogP contribution >= 0.6 is 0 Å². The van der Waals surface area contributed by atoms with E-state index in [2.05, 4.69) is 10.3 Å². The van der Waals surface area contributed by atoms with Gasteiger partial charge in [-0.1, -0.05) is 0 Å². The van der Waals surface area contributed by atoms with Crippen molar-refractivity contribution in [2.24, 2.45) is 13.0 Å². The predicted molar refractivity (Wildman–Crippen MR) is 113 cm³/mol. The van der Waals surface area contributed by atoms with Gasteiger partial charge in [-0.25, -0.2) is 9.37 Å². The van der Waals surface area contributed by atoms with Crippen molar-refractivity contribution in [1.82, 2.24) is 14.5 Å². The molecule has 1 aromatic carbocycles. The van der Waals surface area contributed by atoms with Crippen LogP contribution in [0.5, 0.6) is 0 Å². The van der Waals surface area contributed by atoms with Crippen LogP contribution in [-0.2, 0) is 11.8 Å². The molecule has 3 heterocycles. The Morgan fingerprint density at radius 3 is 2.63 bits per heavy atom. The van der Waals surface area contributed by atoms with Crippen molar-refractivity contribution in [1.29, 1.82) is 0 Å². The third-order valence-corrected chi connectivity index (χ3v) is 5.27. The van der Waals surface area contributed by atoms with E-state index in [9.17, 15) is 14.0 Å². The molecule has 0 bridgehead atoms. The Kier molecular flexibility index (Phi) is 5.56. The molecule has 1 unspecified atom stereocenters. The Labute approximate surface area is 173 Å². The van der Waals surface area contributed by atoms with Crippen LogP contribution in [0.4, 0.5) is 16.0 Å². The van der Waals surface area contributed by atoms with Crippen molar-refractivity contribution < 1.29 is 9.18 Å². The predicted octanol–water partition coefficient (Wildman–Crippen LogP) is 2.84. The summed E-state index contributed by atoms with van der Waals surface area (Å²) in [7, 11) is 1.68. The zero-order chi connectivity index (χ0) is 21.1. The molecule has 1 fully saturated rings. The number of hydrogen-bond acceptors (Lipinski definition) is 5. The summed E-state index contributed by atoms with van der Waals surface area (Å²) >= 11 is 0. The summed E-state index contributed by atoms with van der Waals surface area (Å²) in [4.78, 5) is 36.0. The van der Waals surface area contributed by atoms with Gasteiger partial charge in [0.05, 0.1) is 11.6 Å². The summed E-state index contributed by atoms with van der Waals surface area (Å²) in [6, 6.07) is 10.8. The number of hydrogen-bond donors (Lipinski definition) is 1. The molecule has 1 saturated heterocycles. The molecule has 154 valence electrons. The second-order valence-corrected chi connectivity index (χ2v) is 7.36. The van der Waals surface area contributed by atoms with E-state index in [0.29, 0.717) is 30.4 Å². The summed E-state index contributed by atoms with van der Waals surface area (Å²) in [5.74, 6) is -0.196. The third-order valence-electron chi connectivity index (χ3n) is 5.27. The highest BCUT2D eigenvalue weighted by Crippen LogP contribution is 2.24. The van der Waals surface area contributed by atoms with Crippen LogP contribution < -0.4 is 15.8 Å². The fourth-order valence-corrected chi connectivity index (χ4v) is 3.63. The van der Waals surface area contributed by atoms with Crippen LogP contribution in [0.3, 0.4) is 0 Å². The molecular formula is C22H22FN5O2. The van der Waals surface area contributed by atoms with Crippen LogP contribution in [0, 0.1) is 11.7 Å². The molecule has 7 nitrogen and oxygen atoms in total. The molecule has 0 radical (unpaired) electrons. The smallest absolute Gasteiger partial charge is 0.255 e. The lowest BCUT2D eigenvalue weighted by molar-refractivity contribution is -0.120. The van der Waals surface area contributed by atoms with E-state index in [1.807, 2.05) is 4.90 Å². The number of halogens is 1. The molecule has 0 saturated carbocycles. The lowest BCUT2D eigenvalue weighted by Gasteiger charge is -2.33. The van der Waals surface area contributed by atoms with Crippen molar-refractivity contribution in [3.8, 4) is 11.3 Å². The lowest BCUT2D eigenvalue weighted by atomic mass is 9.97. The molecule has 1 atom stereocenters. The highest BCUT2D eigenvalue weighted by Gasteiger charge is 2.28. The van der Waals surface area contributed by atoms with E-state index < -0.39 is 0 Å². The second-order valence-electron chi connectivity index (χ2n) is 7.36. The number of pyridine rings is 1. The normalized spacial score (nSPS) is 16.3. The lowest BCUT2D eigenvalue weighted by Crippen LogP contribution is -2.43. The van der Waals surface area contributed by atoms with Gasteiger partial charge in [-0.15, -0.1) is 0 Å². The molecule has 1 aliphatic heterocycles. The molecule has 0 aliphatic carbocycles. The maximum atomic E-state index is 13.1. The van der Waals surface area contributed by atoms with Gasteiger partial charge in [-0.05, 0) is 49.2 Å². The van der Waals surface area contributed by atoms with Gasteiger partial charge < -0.3 is 10.2 Å². The van der Waals surface area contributed by atoms with Gasteiger partial charge >= 0.3 is 0 Å². The van der Waals surface area contributed by atoms with Crippen LogP contribution in [0.15, 0.2) is 59.7 Å². The first kappa shape index (κ1) is 19.8. The van der Waals surface area contributed by atoms with E-state index >= 15 is 0 Å². The van der Waals surface area contributed by atoms with Crippen molar-refractivity contribution >= 4 is 17.5 Å². The maximum absolute atomic E-state index is 13.1. The Balaban J connectivity index is 1.55. The molecule has 30 heavy (non-hydrogen) atoms. The topological polar surface area (TPSA) is 80.1 Å². The summed E-state index contributed by atoms with van der Waals surface area (Å²) < 4.78 is 14.6. The minimum atomic E-state index is -0.349. The van der Waals surface area contributed by atoms with Crippen molar-refractivity contribution in [3.05, 3.63) is 71.0 Å². The zero-order valence-corrected chi connectivity index (χ0v) is 16.6. The van der Waals surface area contributed by atoms with E-state index in [1.54, 1.807) is 31.6 Å². The number of aromatic nitrogens is 3. The molecule has 2 aromatic heterocycles. The molecule has 8 heteroatoms. The van der Waals surface area contributed by atoms with Gasteiger partial charge in [0, 0.05) is 49.8 Å². The van der Waals surface area contributed by atoms with Crippen LogP contribution in [-0.4, -0.2) is 33.5 Å². The molecular weight excluding hydrogens is 385 g/mol. The quantitative estimate of drug-likeness (QED) is 0.719. The summed E-state index contributed by atoms with van der Waals surface area (Å²) in [6.45, 7) is 1.16. The van der Waals surface area contributed by atoms with Gasteiger partial charge in [0.15, 0.2) is 0 Å². The second kappa shape index (κ2) is 8.44. The van der Waals surface area contributed by atoms with Gasteiger partial charge in [0.1, 0.15) is 5.82 Å². The number of nitrogens with one attached hydrogen (secondary N) is 1. The number of rotatable bonds is 4. The van der Waals surface area contributed by atoms with Gasteiger partial charge in [0.2, 0.25) is 11.9 Å². The fraction of sp³-hybridized carbons (Fsp3) is 0.273. The fourth-order valence-electron chi connectivity index (χ4n) is 3.63. The van der Waals surface area contributed by atoms with E-state index in [4.69, 9.17) is 4.98 Å². The third kappa shape index (κ3) is 4.22. The minimum Gasteiger partial charge on any atom is -0.341 e. The summed E-state index contributed by atoms with van der Waals surface area (Å²) in [5.41, 5.74) is 1.79. The molecule has 1 N–H and O–H groups in total. The number of amides is 1. The highest BCUT2D eigenvalue weighted by atomic mass is 19.1. The molecule has 0 spiro atoms. The van der Waals surface area contributed by atoms with Gasteiger partial charge in [-0.3, -0.25) is 19.1 Å². The van der Waals surface area contributed by atoms with Crippen LogP contribution in [0.2, 0.25) is 0 Å². The van der Waals surface area contributed by atoms with Gasteiger partial charge in [0.25, 0.3) is 5.56 Å². The molecule has 1 aliphatic rings. The van der Waals surface area contributed by atoms with Crippen molar-refractivity contribution in [2.45, 2.75) is 12.8 Å². The highest BCUT2D eigenvalue weighted by molar-refractivity contribution is 5.93. The Bertz CT molecular complexity index is 1100. The van der Waals surface area contributed by atoms with Crippen LogP contribution in [0.1, 0.15) is 12.8 Å². The average Bonchev–Trinajstić information content (AvgIpc) is 2.78. The number of nitrogens with zero attached hydrogens (tertiary/aromatic N) is 4. The number of carbonyl (C=O) groups is 1. The first-order valence-corrected chi connectivity index (χ1v) is 9.81. The minimum absolute atomic E-state index is 0.124.